The van der Waals surface area contributed by atoms with Crippen LogP contribution in [0.3, 0.4) is 0 Å². The minimum atomic E-state index is -0.887. The number of carboxylic acids is 1. The summed E-state index contributed by atoms with van der Waals surface area (Å²) in [6, 6.07) is 9.65. The molecule has 0 atom stereocenters. The molecule has 0 bridgehead atoms. The number of fused-ring (bicyclic) bond motifs is 2. The average Bonchev–Trinajstić information content (AvgIpc) is 3.39. The van der Waals surface area contributed by atoms with Crippen molar-refractivity contribution in [1.29, 1.82) is 0 Å². The van der Waals surface area contributed by atoms with Gasteiger partial charge < -0.3 is 9.84 Å². The Kier molecular flexibility index (Phi) is 4.73. The topological polar surface area (TPSA) is 62.7 Å². The van der Waals surface area contributed by atoms with Crippen LogP contribution < -0.4 is 4.74 Å². The van der Waals surface area contributed by atoms with Gasteiger partial charge in [-0.2, -0.15) is 0 Å². The van der Waals surface area contributed by atoms with Crippen molar-refractivity contribution in [2.75, 3.05) is 13.1 Å². The Balaban J connectivity index is 1.46. The first-order valence-corrected chi connectivity index (χ1v) is 11.3. The van der Waals surface area contributed by atoms with Crippen LogP contribution in [-0.4, -0.2) is 34.0 Å². The molecule has 1 aliphatic rings. The molecule has 0 saturated carbocycles. The van der Waals surface area contributed by atoms with Crippen molar-refractivity contribution in [3.63, 3.8) is 0 Å². The molecular weight excluding hydrogens is 404 g/mol. The van der Waals surface area contributed by atoms with Crippen LogP contribution in [0.15, 0.2) is 36.5 Å². The SMILES string of the molecule is Cc1sc2cc(Oc3ccnc4cc(CN5CCCC5)sc34)ccc2c1C(=O)O. The van der Waals surface area contributed by atoms with E-state index in [0.717, 1.165) is 37.5 Å². The average molecular weight is 425 g/mol. The van der Waals surface area contributed by atoms with E-state index in [2.05, 4.69) is 16.0 Å². The van der Waals surface area contributed by atoms with E-state index in [0.29, 0.717) is 11.3 Å². The van der Waals surface area contributed by atoms with Crippen molar-refractivity contribution in [2.45, 2.75) is 26.3 Å². The number of nitrogens with zero attached hydrogens (tertiary/aromatic N) is 2. The van der Waals surface area contributed by atoms with Crippen LogP contribution in [0.5, 0.6) is 11.5 Å². The van der Waals surface area contributed by atoms with Crippen LogP contribution in [-0.2, 0) is 6.54 Å². The second-order valence-corrected chi connectivity index (χ2v) is 9.71. The molecule has 1 fully saturated rings. The van der Waals surface area contributed by atoms with Crippen molar-refractivity contribution < 1.29 is 14.6 Å². The Morgan fingerprint density at radius 3 is 2.83 bits per heavy atom. The van der Waals surface area contributed by atoms with Crippen molar-refractivity contribution >= 4 is 48.9 Å². The number of carboxylic acid groups (broad SMARTS) is 1. The highest BCUT2D eigenvalue weighted by Gasteiger charge is 2.17. The van der Waals surface area contributed by atoms with Gasteiger partial charge in [-0.1, -0.05) is 0 Å². The van der Waals surface area contributed by atoms with Gasteiger partial charge in [-0.15, -0.1) is 22.7 Å². The van der Waals surface area contributed by atoms with Crippen LogP contribution in [0.1, 0.15) is 33.0 Å². The third-order valence-corrected chi connectivity index (χ3v) is 7.48. The number of benzene rings is 1. The van der Waals surface area contributed by atoms with Crippen molar-refractivity contribution in [3.8, 4) is 11.5 Å². The van der Waals surface area contributed by atoms with Crippen LogP contribution in [0.25, 0.3) is 20.3 Å². The van der Waals surface area contributed by atoms with E-state index >= 15 is 0 Å². The highest BCUT2D eigenvalue weighted by atomic mass is 32.1. The van der Waals surface area contributed by atoms with Gasteiger partial charge in [-0.05, 0) is 57.1 Å². The van der Waals surface area contributed by atoms with E-state index in [1.165, 1.54) is 42.1 Å². The van der Waals surface area contributed by atoms with Crippen LogP contribution in [0, 0.1) is 6.92 Å². The van der Waals surface area contributed by atoms with E-state index < -0.39 is 5.97 Å². The molecule has 0 spiro atoms. The van der Waals surface area contributed by atoms with E-state index in [9.17, 15) is 9.90 Å². The zero-order valence-electron chi connectivity index (χ0n) is 16.0. The van der Waals surface area contributed by atoms with E-state index in [-0.39, 0.29) is 0 Å². The number of ether oxygens (including phenoxy) is 1. The van der Waals surface area contributed by atoms with Gasteiger partial charge >= 0.3 is 5.97 Å². The minimum Gasteiger partial charge on any atom is -0.478 e. The molecule has 3 aromatic heterocycles. The first kappa shape index (κ1) is 18.5. The summed E-state index contributed by atoms with van der Waals surface area (Å²) < 4.78 is 8.18. The van der Waals surface area contributed by atoms with Crippen molar-refractivity contribution in [1.82, 2.24) is 9.88 Å². The van der Waals surface area contributed by atoms with Gasteiger partial charge in [0.25, 0.3) is 0 Å². The van der Waals surface area contributed by atoms with Gasteiger partial charge in [0.15, 0.2) is 0 Å². The molecular formula is C22H20N2O3S2. The molecule has 1 aromatic carbocycles. The number of aromatic nitrogens is 1. The Labute approximate surface area is 176 Å². The van der Waals surface area contributed by atoms with Gasteiger partial charge in [0.05, 0.1) is 15.8 Å². The Morgan fingerprint density at radius 1 is 1.21 bits per heavy atom. The smallest absolute Gasteiger partial charge is 0.337 e. The predicted molar refractivity (Wildman–Crippen MR) is 118 cm³/mol. The first-order chi connectivity index (χ1) is 14.1. The lowest BCUT2D eigenvalue weighted by molar-refractivity contribution is 0.0699. The molecule has 1 saturated heterocycles. The summed E-state index contributed by atoms with van der Waals surface area (Å²) in [4.78, 5) is 20.6. The van der Waals surface area contributed by atoms with Gasteiger partial charge in [0.2, 0.25) is 0 Å². The van der Waals surface area contributed by atoms with Crippen LogP contribution in [0.2, 0.25) is 0 Å². The molecule has 1 N–H and O–H groups in total. The standard InChI is InChI=1S/C22H20N2O3S2/c1-13-20(22(25)26)16-5-4-14(10-19(16)28-13)27-18-6-7-23-17-11-15(29-21(17)18)12-24-8-2-3-9-24/h4-7,10-11H,2-3,8-9,12H2,1H3,(H,25,26). The summed E-state index contributed by atoms with van der Waals surface area (Å²) in [6.07, 6.45) is 4.35. The number of hydrogen-bond acceptors (Lipinski definition) is 6. The summed E-state index contributed by atoms with van der Waals surface area (Å²) >= 11 is 3.22. The fourth-order valence-electron chi connectivity index (χ4n) is 3.94. The summed E-state index contributed by atoms with van der Waals surface area (Å²) in [5, 5.41) is 10.2. The molecule has 5 nitrogen and oxygen atoms in total. The molecule has 29 heavy (non-hydrogen) atoms. The number of likely N-dealkylation sites (tertiary alicyclic amines) is 1. The molecule has 0 aliphatic carbocycles. The highest BCUT2D eigenvalue weighted by molar-refractivity contribution is 7.19. The highest BCUT2D eigenvalue weighted by Crippen LogP contribution is 2.38. The number of thiophene rings is 2. The number of aryl methyl sites for hydroxylation is 1. The second kappa shape index (κ2) is 7.40. The fourth-order valence-corrected chi connectivity index (χ4v) is 6.13. The number of carbonyl (C=O) groups is 1. The zero-order chi connectivity index (χ0) is 20.0. The lowest BCUT2D eigenvalue weighted by Crippen LogP contribution is -2.17. The molecule has 7 heteroatoms. The Morgan fingerprint density at radius 2 is 2.03 bits per heavy atom. The van der Waals surface area contributed by atoms with E-state index in [1.54, 1.807) is 17.5 Å². The quantitative estimate of drug-likeness (QED) is 0.432. The van der Waals surface area contributed by atoms with Gasteiger partial charge in [0.1, 0.15) is 11.5 Å². The molecule has 5 rings (SSSR count). The third-order valence-electron chi connectivity index (χ3n) is 5.28. The number of aromatic carboxylic acids is 1. The van der Waals surface area contributed by atoms with Gasteiger partial charge in [-0.3, -0.25) is 9.88 Å². The number of pyridine rings is 1. The van der Waals surface area contributed by atoms with E-state index in [4.69, 9.17) is 4.74 Å². The van der Waals surface area contributed by atoms with Gasteiger partial charge in [-0.25, -0.2) is 4.79 Å². The molecule has 148 valence electrons. The van der Waals surface area contributed by atoms with Crippen molar-refractivity contribution in [3.05, 3.63) is 51.8 Å². The molecule has 0 radical (unpaired) electrons. The molecule has 4 heterocycles. The molecule has 0 amide bonds. The van der Waals surface area contributed by atoms with Crippen LogP contribution >= 0.6 is 22.7 Å². The van der Waals surface area contributed by atoms with Crippen LogP contribution in [0.4, 0.5) is 0 Å². The lowest BCUT2D eigenvalue weighted by atomic mass is 10.1. The first-order valence-electron chi connectivity index (χ1n) is 9.62. The number of hydrogen-bond donors (Lipinski definition) is 1. The summed E-state index contributed by atoms with van der Waals surface area (Å²) in [5.41, 5.74) is 1.34. The van der Waals surface area contributed by atoms with Gasteiger partial charge in [0, 0.05) is 38.6 Å². The number of rotatable bonds is 5. The zero-order valence-corrected chi connectivity index (χ0v) is 17.6. The lowest BCUT2D eigenvalue weighted by Gasteiger charge is -2.12. The predicted octanol–water partition coefficient (Wildman–Crippen LogP) is 5.91. The second-order valence-electron chi connectivity index (χ2n) is 7.32. The maximum atomic E-state index is 11.5. The molecule has 1 aliphatic heterocycles. The Hall–Kier alpha value is -2.48. The molecule has 4 aromatic rings. The monoisotopic (exact) mass is 424 g/mol. The summed E-state index contributed by atoms with van der Waals surface area (Å²) in [7, 11) is 0. The largest absolute Gasteiger partial charge is 0.478 e. The Bertz CT molecular complexity index is 1220. The summed E-state index contributed by atoms with van der Waals surface area (Å²) in [6.45, 7) is 5.15. The van der Waals surface area contributed by atoms with E-state index in [1.807, 2.05) is 31.2 Å². The maximum absolute atomic E-state index is 11.5. The minimum absolute atomic E-state index is 0.382. The maximum Gasteiger partial charge on any atom is 0.337 e. The third kappa shape index (κ3) is 3.50. The fraction of sp³-hybridized carbons (Fsp3) is 0.273. The van der Waals surface area contributed by atoms with Crippen molar-refractivity contribution in [2.24, 2.45) is 0 Å². The summed E-state index contributed by atoms with van der Waals surface area (Å²) in [5.74, 6) is 0.610. The normalized spacial score (nSPS) is 14.8. The molecule has 0 unspecified atom stereocenters.